The molecule has 40 heavy (non-hydrogen) atoms. The number of nitrogens with zero attached hydrogens (tertiary/aromatic N) is 1. The summed E-state index contributed by atoms with van der Waals surface area (Å²) in [6.07, 6.45) is -0.436. The van der Waals surface area contributed by atoms with Gasteiger partial charge in [-0.2, -0.15) is 0 Å². The van der Waals surface area contributed by atoms with Gasteiger partial charge in [0.15, 0.2) is 0 Å². The molecule has 0 bridgehead atoms. The minimum atomic E-state index is -1.32. The van der Waals surface area contributed by atoms with E-state index in [9.17, 15) is 23.9 Å². The number of carbonyl (C=O) groups is 3. The fourth-order valence-electron chi connectivity index (χ4n) is 3.85. The van der Waals surface area contributed by atoms with Crippen molar-refractivity contribution in [3.05, 3.63) is 107 Å². The monoisotopic (exact) mass is 550 g/mol. The number of aliphatic hydroxyl groups is 1. The van der Waals surface area contributed by atoms with Crippen molar-refractivity contribution >= 4 is 18.0 Å². The largest absolute Gasteiger partial charge is 0.456 e. The Hall–Kier alpha value is -4.24. The molecule has 212 valence electrons. The second-order valence-electron chi connectivity index (χ2n) is 10.2. The van der Waals surface area contributed by atoms with Crippen LogP contribution in [0, 0.1) is 5.82 Å². The molecular formula is C31H35FN2O6. The van der Waals surface area contributed by atoms with Crippen molar-refractivity contribution in [1.82, 2.24) is 10.2 Å². The smallest absolute Gasteiger partial charge is 0.408 e. The van der Waals surface area contributed by atoms with E-state index in [2.05, 4.69) is 5.32 Å². The number of amides is 2. The second-order valence-corrected chi connectivity index (χ2v) is 10.2. The molecule has 0 aliphatic carbocycles. The number of benzene rings is 3. The molecule has 0 spiro atoms. The molecule has 0 aliphatic rings. The molecule has 3 rings (SSSR count). The quantitative estimate of drug-likeness (QED) is 0.337. The molecule has 0 heterocycles. The molecule has 0 unspecified atom stereocenters. The van der Waals surface area contributed by atoms with Gasteiger partial charge in [-0.1, -0.05) is 60.7 Å². The highest BCUT2D eigenvalue weighted by molar-refractivity contribution is 5.90. The molecule has 8 nitrogen and oxygen atoms in total. The van der Waals surface area contributed by atoms with Crippen LogP contribution >= 0.6 is 0 Å². The lowest BCUT2D eigenvalue weighted by Crippen LogP contribution is -2.51. The topological polar surface area (TPSA) is 105 Å². The van der Waals surface area contributed by atoms with Gasteiger partial charge in [0, 0.05) is 18.7 Å². The van der Waals surface area contributed by atoms with Crippen LogP contribution in [0.15, 0.2) is 78.9 Å². The van der Waals surface area contributed by atoms with Gasteiger partial charge in [0.2, 0.25) is 5.91 Å². The maximum Gasteiger partial charge on any atom is 0.408 e. The Morgan fingerprint density at radius 1 is 0.950 bits per heavy atom. The lowest BCUT2D eigenvalue weighted by Gasteiger charge is -2.27. The van der Waals surface area contributed by atoms with Gasteiger partial charge in [-0.15, -0.1) is 0 Å². The number of aliphatic hydroxyl groups excluding tert-OH is 1. The van der Waals surface area contributed by atoms with E-state index in [1.54, 1.807) is 45.0 Å². The molecule has 0 aromatic heterocycles. The van der Waals surface area contributed by atoms with E-state index >= 15 is 0 Å². The first-order valence-electron chi connectivity index (χ1n) is 13.0. The molecule has 0 radical (unpaired) electrons. The Balaban J connectivity index is 1.78. The van der Waals surface area contributed by atoms with Crippen molar-refractivity contribution in [1.29, 1.82) is 0 Å². The van der Waals surface area contributed by atoms with Gasteiger partial charge < -0.3 is 24.8 Å². The Kier molecular flexibility index (Phi) is 10.8. The number of alkyl carbamates (subject to hydrolysis) is 1. The molecule has 1 atom stereocenters. The van der Waals surface area contributed by atoms with Gasteiger partial charge in [-0.05, 0) is 56.5 Å². The van der Waals surface area contributed by atoms with E-state index < -0.39 is 42.0 Å². The molecule has 0 aliphatic heterocycles. The third-order valence-corrected chi connectivity index (χ3v) is 5.85. The van der Waals surface area contributed by atoms with Crippen molar-refractivity contribution in [3.8, 4) is 0 Å². The summed E-state index contributed by atoms with van der Waals surface area (Å²) in [6, 6.07) is 20.9. The van der Waals surface area contributed by atoms with Crippen LogP contribution in [-0.2, 0) is 33.8 Å². The number of esters is 1. The van der Waals surface area contributed by atoms with Crippen LogP contribution in [0.1, 0.15) is 47.8 Å². The number of nitrogens with one attached hydrogen (secondary N) is 1. The Labute approximate surface area is 233 Å². The molecule has 3 aromatic carbocycles. The summed E-state index contributed by atoms with van der Waals surface area (Å²) in [7, 11) is 0. The van der Waals surface area contributed by atoms with Crippen LogP contribution in [0.25, 0.3) is 0 Å². The highest BCUT2D eigenvalue weighted by atomic mass is 19.1. The summed E-state index contributed by atoms with van der Waals surface area (Å²) < 4.78 is 25.5. The number of hydrogen-bond acceptors (Lipinski definition) is 6. The highest BCUT2D eigenvalue weighted by Gasteiger charge is 2.27. The van der Waals surface area contributed by atoms with Gasteiger partial charge in [0.25, 0.3) is 0 Å². The number of rotatable bonds is 11. The molecule has 0 saturated heterocycles. The zero-order valence-corrected chi connectivity index (χ0v) is 22.9. The Bertz CT molecular complexity index is 1280. The van der Waals surface area contributed by atoms with E-state index in [1.165, 1.54) is 17.0 Å². The standard InChI is InChI=1S/C31H35FN2O6/c1-31(2,3)40-29(37)24-14-15-26(32)25(18-24)19-34(17-16-22-10-6-4-7-11-22)28(36)27(20-35)33-30(38)39-21-23-12-8-5-9-13-23/h4-15,18,27,35H,16-17,19-21H2,1-3H3,(H,33,38)/t27-/m1/s1. The van der Waals surface area contributed by atoms with Crippen LogP contribution in [0.4, 0.5) is 9.18 Å². The number of halogens is 1. The van der Waals surface area contributed by atoms with Gasteiger partial charge in [-0.25, -0.2) is 14.0 Å². The lowest BCUT2D eigenvalue weighted by molar-refractivity contribution is -0.135. The summed E-state index contributed by atoms with van der Waals surface area (Å²) in [4.78, 5) is 39.8. The average Bonchev–Trinajstić information content (AvgIpc) is 2.93. The first-order chi connectivity index (χ1) is 19.1. The normalized spacial score (nSPS) is 11.8. The maximum atomic E-state index is 14.9. The lowest BCUT2D eigenvalue weighted by atomic mass is 10.1. The minimum absolute atomic E-state index is 0.0145. The molecular weight excluding hydrogens is 515 g/mol. The van der Waals surface area contributed by atoms with E-state index in [0.29, 0.717) is 6.42 Å². The highest BCUT2D eigenvalue weighted by Crippen LogP contribution is 2.18. The van der Waals surface area contributed by atoms with Gasteiger partial charge in [-0.3, -0.25) is 4.79 Å². The summed E-state index contributed by atoms with van der Waals surface area (Å²) >= 11 is 0. The molecule has 2 amide bonds. The maximum absolute atomic E-state index is 14.9. The SMILES string of the molecule is CC(C)(C)OC(=O)c1ccc(F)c(CN(CCc2ccccc2)C(=O)[C@@H](CO)NC(=O)OCc2ccccc2)c1. The van der Waals surface area contributed by atoms with Gasteiger partial charge in [0.05, 0.1) is 12.2 Å². The van der Waals surface area contributed by atoms with Crippen molar-refractivity contribution < 1.29 is 33.4 Å². The van der Waals surface area contributed by atoms with Crippen molar-refractivity contribution in [3.63, 3.8) is 0 Å². The van der Waals surface area contributed by atoms with Crippen molar-refractivity contribution in [2.24, 2.45) is 0 Å². The van der Waals surface area contributed by atoms with Crippen LogP contribution in [0.5, 0.6) is 0 Å². The van der Waals surface area contributed by atoms with Crippen LogP contribution in [0.2, 0.25) is 0 Å². The fourth-order valence-corrected chi connectivity index (χ4v) is 3.85. The van der Waals surface area contributed by atoms with Gasteiger partial charge in [0.1, 0.15) is 24.1 Å². The van der Waals surface area contributed by atoms with E-state index in [4.69, 9.17) is 9.47 Å². The van der Waals surface area contributed by atoms with Crippen LogP contribution in [-0.4, -0.2) is 52.8 Å². The second kappa shape index (κ2) is 14.2. The summed E-state index contributed by atoms with van der Waals surface area (Å²) in [6.45, 7) is 4.44. The van der Waals surface area contributed by atoms with Crippen LogP contribution in [0.3, 0.4) is 0 Å². The Morgan fingerprint density at radius 2 is 1.57 bits per heavy atom. The van der Waals surface area contributed by atoms with Gasteiger partial charge >= 0.3 is 12.1 Å². The first kappa shape index (κ1) is 30.3. The summed E-state index contributed by atoms with van der Waals surface area (Å²) in [5, 5.41) is 12.4. The van der Waals surface area contributed by atoms with E-state index in [-0.39, 0.29) is 30.8 Å². The average molecular weight is 551 g/mol. The third kappa shape index (κ3) is 9.50. The fraction of sp³-hybridized carbons (Fsp3) is 0.323. The molecule has 3 aromatic rings. The molecule has 9 heteroatoms. The third-order valence-electron chi connectivity index (χ3n) is 5.85. The number of ether oxygens (including phenoxy) is 2. The first-order valence-corrected chi connectivity index (χ1v) is 13.0. The van der Waals surface area contributed by atoms with E-state index in [1.807, 2.05) is 36.4 Å². The number of hydrogen-bond donors (Lipinski definition) is 2. The Morgan fingerprint density at radius 3 is 2.17 bits per heavy atom. The van der Waals surface area contributed by atoms with Crippen LogP contribution < -0.4 is 5.32 Å². The van der Waals surface area contributed by atoms with Crippen molar-refractivity contribution in [2.45, 2.75) is 52.0 Å². The zero-order chi connectivity index (χ0) is 29.1. The van der Waals surface area contributed by atoms with E-state index in [0.717, 1.165) is 17.2 Å². The predicted molar refractivity (Wildman–Crippen MR) is 148 cm³/mol. The zero-order valence-electron chi connectivity index (χ0n) is 22.9. The molecule has 0 saturated carbocycles. The summed E-state index contributed by atoms with van der Waals surface area (Å²) in [5.74, 6) is -1.86. The molecule has 2 N–H and O–H groups in total. The minimum Gasteiger partial charge on any atom is -0.456 e. The molecule has 0 fully saturated rings. The predicted octanol–water partition coefficient (Wildman–Crippen LogP) is 4.64. The van der Waals surface area contributed by atoms with Crippen molar-refractivity contribution in [2.75, 3.05) is 13.2 Å². The number of carbonyl (C=O) groups excluding carboxylic acids is 3. The summed E-state index contributed by atoms with van der Waals surface area (Å²) in [5.41, 5.74) is 1.20.